The molecule has 0 amide bonds. The van der Waals surface area contributed by atoms with Crippen LogP contribution < -0.4 is 15.9 Å². The quantitative estimate of drug-likeness (QED) is 0.744. The Morgan fingerprint density at radius 2 is 2.14 bits per heavy atom. The van der Waals surface area contributed by atoms with Gasteiger partial charge in [-0.25, -0.2) is 0 Å². The van der Waals surface area contributed by atoms with E-state index >= 15 is 0 Å². The van der Waals surface area contributed by atoms with E-state index in [1.165, 1.54) is 37.0 Å². The molecule has 0 saturated heterocycles. The van der Waals surface area contributed by atoms with E-state index in [-0.39, 0.29) is 4.87 Å². The first-order valence-corrected chi connectivity index (χ1v) is 8.40. The second-order valence-electron chi connectivity index (χ2n) is 5.66. The fourth-order valence-corrected chi connectivity index (χ4v) is 3.54. The first-order chi connectivity index (χ1) is 10.2. The Kier molecular flexibility index (Phi) is 4.41. The number of aromatic amines is 1. The first-order valence-electron chi connectivity index (χ1n) is 7.52. The summed E-state index contributed by atoms with van der Waals surface area (Å²) in [6, 6.07) is 6.66. The van der Waals surface area contributed by atoms with Crippen LogP contribution >= 0.6 is 11.3 Å². The van der Waals surface area contributed by atoms with Crippen LogP contribution in [0.15, 0.2) is 28.4 Å². The van der Waals surface area contributed by atoms with Crippen LogP contribution in [0.1, 0.15) is 31.2 Å². The maximum absolute atomic E-state index is 11.3. The Balaban J connectivity index is 1.67. The number of anilines is 1. The van der Waals surface area contributed by atoms with E-state index in [1.54, 1.807) is 0 Å². The van der Waals surface area contributed by atoms with Gasteiger partial charge < -0.3 is 16.0 Å². The lowest BCUT2D eigenvalue weighted by Gasteiger charge is -2.13. The largest absolute Gasteiger partial charge is 0.399 e. The highest BCUT2D eigenvalue weighted by Crippen LogP contribution is 2.23. The molecular formula is C16H21N3OS. The molecule has 1 aliphatic carbocycles. The van der Waals surface area contributed by atoms with Crippen molar-refractivity contribution in [2.45, 2.75) is 38.1 Å². The Bertz CT molecular complexity index is 656. The fraction of sp³-hybridized carbons (Fsp3) is 0.438. The summed E-state index contributed by atoms with van der Waals surface area (Å²) < 4.78 is 0. The lowest BCUT2D eigenvalue weighted by molar-refractivity contribution is 0.528. The van der Waals surface area contributed by atoms with Crippen molar-refractivity contribution in [3.8, 4) is 11.3 Å². The molecule has 21 heavy (non-hydrogen) atoms. The molecule has 0 atom stereocenters. The van der Waals surface area contributed by atoms with Gasteiger partial charge >= 0.3 is 4.87 Å². The van der Waals surface area contributed by atoms with Crippen molar-refractivity contribution < 1.29 is 0 Å². The van der Waals surface area contributed by atoms with E-state index in [0.29, 0.717) is 6.04 Å². The normalized spacial score (nSPS) is 15.6. The topological polar surface area (TPSA) is 70.9 Å². The lowest BCUT2D eigenvalue weighted by Crippen LogP contribution is -2.28. The standard InChI is InChI=1S/C16H21N3OS/c17-14-6-5-12(15-10-21-16(20)19-15)9-11(14)7-8-18-13-3-1-2-4-13/h5-6,9-10,13,18H,1-4,7-8,17H2,(H,19,20). The zero-order valence-corrected chi connectivity index (χ0v) is 12.8. The number of hydrogen-bond acceptors (Lipinski definition) is 4. The van der Waals surface area contributed by atoms with Gasteiger partial charge in [-0.05, 0) is 49.1 Å². The smallest absolute Gasteiger partial charge is 0.304 e. The third kappa shape index (κ3) is 3.54. The number of hydrogen-bond donors (Lipinski definition) is 3. The molecule has 0 unspecified atom stereocenters. The Morgan fingerprint density at radius 3 is 2.86 bits per heavy atom. The van der Waals surface area contributed by atoms with Gasteiger partial charge in [-0.2, -0.15) is 0 Å². The van der Waals surface area contributed by atoms with Crippen molar-refractivity contribution in [3.05, 3.63) is 38.8 Å². The predicted octanol–water partition coefficient (Wildman–Crippen LogP) is 2.76. The van der Waals surface area contributed by atoms with E-state index in [0.717, 1.165) is 35.5 Å². The summed E-state index contributed by atoms with van der Waals surface area (Å²) in [4.78, 5) is 14.1. The van der Waals surface area contributed by atoms with E-state index in [2.05, 4.69) is 16.4 Å². The summed E-state index contributed by atoms with van der Waals surface area (Å²) >= 11 is 1.19. The molecule has 0 aliphatic heterocycles. The van der Waals surface area contributed by atoms with Crippen molar-refractivity contribution >= 4 is 17.0 Å². The summed E-state index contributed by atoms with van der Waals surface area (Å²) in [5.41, 5.74) is 9.93. The molecule has 5 heteroatoms. The van der Waals surface area contributed by atoms with Gasteiger partial charge in [0.1, 0.15) is 0 Å². The van der Waals surface area contributed by atoms with E-state index in [1.807, 2.05) is 17.5 Å². The molecule has 4 nitrogen and oxygen atoms in total. The average molecular weight is 303 g/mol. The van der Waals surface area contributed by atoms with Crippen LogP contribution in [0.2, 0.25) is 0 Å². The summed E-state index contributed by atoms with van der Waals surface area (Å²) in [7, 11) is 0. The molecule has 1 aromatic carbocycles. The highest BCUT2D eigenvalue weighted by Gasteiger charge is 2.13. The minimum Gasteiger partial charge on any atom is -0.399 e. The molecular weight excluding hydrogens is 282 g/mol. The Hall–Kier alpha value is -1.59. The van der Waals surface area contributed by atoms with Gasteiger partial charge in [0.15, 0.2) is 0 Å². The van der Waals surface area contributed by atoms with Crippen molar-refractivity contribution in [1.82, 2.24) is 10.3 Å². The molecule has 0 bridgehead atoms. The second-order valence-corrected chi connectivity index (χ2v) is 6.50. The molecule has 1 aliphatic rings. The van der Waals surface area contributed by atoms with Crippen LogP contribution in [0.3, 0.4) is 0 Å². The van der Waals surface area contributed by atoms with Gasteiger partial charge in [-0.15, -0.1) is 0 Å². The van der Waals surface area contributed by atoms with Crippen LogP contribution in [0, 0.1) is 0 Å². The number of nitrogens with one attached hydrogen (secondary N) is 2. The summed E-state index contributed by atoms with van der Waals surface area (Å²) in [5.74, 6) is 0. The van der Waals surface area contributed by atoms with Gasteiger partial charge in [0.2, 0.25) is 0 Å². The molecule has 0 radical (unpaired) electrons. The first kappa shape index (κ1) is 14.4. The highest BCUT2D eigenvalue weighted by molar-refractivity contribution is 7.07. The van der Waals surface area contributed by atoms with Crippen molar-refractivity contribution in [2.75, 3.05) is 12.3 Å². The maximum Gasteiger partial charge on any atom is 0.304 e. The molecule has 2 aromatic rings. The Labute approximate surface area is 128 Å². The molecule has 1 heterocycles. The van der Waals surface area contributed by atoms with Crippen LogP contribution in [0.25, 0.3) is 11.3 Å². The number of H-pyrrole nitrogens is 1. The van der Waals surface area contributed by atoms with Crippen molar-refractivity contribution in [1.29, 1.82) is 0 Å². The number of nitrogens with two attached hydrogens (primary N) is 1. The number of nitrogen functional groups attached to an aromatic ring is 1. The molecule has 3 rings (SSSR count). The minimum atomic E-state index is -0.0220. The second kappa shape index (κ2) is 6.45. The third-order valence-electron chi connectivity index (χ3n) is 4.16. The molecule has 4 N–H and O–H groups in total. The minimum absolute atomic E-state index is 0.0220. The highest BCUT2D eigenvalue weighted by atomic mass is 32.1. The van der Waals surface area contributed by atoms with Crippen LogP contribution in [-0.2, 0) is 6.42 Å². The van der Waals surface area contributed by atoms with Gasteiger partial charge in [-0.1, -0.05) is 30.2 Å². The maximum atomic E-state index is 11.3. The number of rotatable bonds is 5. The summed E-state index contributed by atoms with van der Waals surface area (Å²) in [6.45, 7) is 0.957. The van der Waals surface area contributed by atoms with Crippen molar-refractivity contribution in [3.63, 3.8) is 0 Å². The summed E-state index contributed by atoms with van der Waals surface area (Å²) in [6.07, 6.45) is 6.21. The summed E-state index contributed by atoms with van der Waals surface area (Å²) in [5, 5.41) is 5.46. The fourth-order valence-electron chi connectivity index (χ4n) is 2.95. The monoisotopic (exact) mass is 303 g/mol. The zero-order chi connectivity index (χ0) is 14.7. The predicted molar refractivity (Wildman–Crippen MR) is 88.8 cm³/mol. The zero-order valence-electron chi connectivity index (χ0n) is 12.0. The lowest BCUT2D eigenvalue weighted by atomic mass is 10.0. The third-order valence-corrected chi connectivity index (χ3v) is 4.83. The van der Waals surface area contributed by atoms with Crippen molar-refractivity contribution in [2.24, 2.45) is 0 Å². The van der Waals surface area contributed by atoms with E-state index in [9.17, 15) is 4.79 Å². The molecule has 112 valence electrons. The Morgan fingerprint density at radius 1 is 1.33 bits per heavy atom. The van der Waals surface area contributed by atoms with Crippen LogP contribution in [-0.4, -0.2) is 17.6 Å². The van der Waals surface area contributed by atoms with Crippen LogP contribution in [0.5, 0.6) is 0 Å². The molecule has 1 fully saturated rings. The van der Waals surface area contributed by atoms with E-state index < -0.39 is 0 Å². The van der Waals surface area contributed by atoms with Gasteiger partial charge in [0, 0.05) is 17.1 Å². The average Bonchev–Trinajstić information content (AvgIpc) is 3.12. The van der Waals surface area contributed by atoms with Gasteiger partial charge in [0.05, 0.1) is 5.69 Å². The molecule has 1 aromatic heterocycles. The number of thiazole rings is 1. The van der Waals surface area contributed by atoms with E-state index in [4.69, 9.17) is 5.73 Å². The van der Waals surface area contributed by atoms with Gasteiger partial charge in [-0.3, -0.25) is 4.79 Å². The number of benzene rings is 1. The molecule has 1 saturated carbocycles. The number of aromatic nitrogens is 1. The van der Waals surface area contributed by atoms with Gasteiger partial charge in [0.25, 0.3) is 0 Å². The molecule has 0 spiro atoms. The SMILES string of the molecule is Nc1ccc(-c2csc(=O)[nH]2)cc1CCNC1CCCC1. The van der Waals surface area contributed by atoms with Crippen LogP contribution in [0.4, 0.5) is 5.69 Å².